The van der Waals surface area contributed by atoms with Gasteiger partial charge in [0.05, 0.1) is 5.69 Å². The molecule has 0 aromatic heterocycles. The maximum atomic E-state index is 12.3. The Hall–Kier alpha value is -2.75. The summed E-state index contributed by atoms with van der Waals surface area (Å²) in [5.74, 6) is -0.0241. The molecule has 2 aromatic carbocycles. The highest BCUT2D eigenvalue weighted by molar-refractivity contribution is 6.04. The number of anilines is 1. The van der Waals surface area contributed by atoms with Gasteiger partial charge in [-0.3, -0.25) is 14.8 Å². The highest BCUT2D eigenvalue weighted by atomic mass is 16.2. The lowest BCUT2D eigenvalue weighted by molar-refractivity contribution is 0.0936. The minimum Gasteiger partial charge on any atom is -0.326 e. The van der Waals surface area contributed by atoms with Crippen molar-refractivity contribution in [3.8, 4) is 0 Å². The molecule has 1 atom stereocenters. The van der Waals surface area contributed by atoms with E-state index in [9.17, 15) is 4.79 Å². The molecule has 4 heteroatoms. The number of carbonyl (C=O) groups excluding carboxylic acids is 1. The summed E-state index contributed by atoms with van der Waals surface area (Å²) in [6.07, 6.45) is 1.93. The number of fused-ring (bicyclic) bond motifs is 3. The van der Waals surface area contributed by atoms with Crippen LogP contribution < -0.4 is 10.3 Å². The van der Waals surface area contributed by atoms with Crippen molar-refractivity contribution < 1.29 is 4.79 Å². The molecule has 1 amide bonds. The maximum Gasteiger partial charge on any atom is 0.253 e. The predicted molar refractivity (Wildman–Crippen MR) is 82.4 cm³/mol. The average Bonchev–Trinajstić information content (AvgIpc) is 2.85. The summed E-state index contributed by atoms with van der Waals surface area (Å²) in [6, 6.07) is 17.8. The van der Waals surface area contributed by atoms with Crippen LogP contribution in [0, 0.1) is 0 Å². The summed E-state index contributed by atoms with van der Waals surface area (Å²) in [7, 11) is 1.99. The molecular formula is C17H15N3O. The highest BCUT2D eigenvalue weighted by Gasteiger charge is 2.38. The fourth-order valence-corrected chi connectivity index (χ4v) is 3.05. The lowest BCUT2D eigenvalue weighted by Crippen LogP contribution is -2.52. The third kappa shape index (κ3) is 1.72. The molecule has 0 fully saturated rings. The van der Waals surface area contributed by atoms with Crippen LogP contribution in [0.15, 0.2) is 60.8 Å². The summed E-state index contributed by atoms with van der Waals surface area (Å²) >= 11 is 0. The summed E-state index contributed by atoms with van der Waals surface area (Å²) in [4.78, 5) is 12.3. The van der Waals surface area contributed by atoms with E-state index in [2.05, 4.69) is 16.5 Å². The monoisotopic (exact) mass is 277 g/mol. The summed E-state index contributed by atoms with van der Waals surface area (Å²) in [5.41, 5.74) is 3.92. The maximum absolute atomic E-state index is 12.3. The van der Waals surface area contributed by atoms with Gasteiger partial charge in [0.2, 0.25) is 0 Å². The molecule has 4 nitrogen and oxygen atoms in total. The first-order chi connectivity index (χ1) is 10.3. The van der Waals surface area contributed by atoms with E-state index in [1.165, 1.54) is 0 Å². The summed E-state index contributed by atoms with van der Waals surface area (Å²) in [6.45, 7) is 0. The quantitative estimate of drug-likeness (QED) is 0.869. The Bertz CT molecular complexity index is 739. The topological polar surface area (TPSA) is 35.6 Å². The van der Waals surface area contributed by atoms with Gasteiger partial charge < -0.3 is 5.32 Å². The Morgan fingerprint density at radius 1 is 0.952 bits per heavy atom. The Labute approximate surface area is 123 Å². The minimum atomic E-state index is -0.153. The number of hydrazine groups is 1. The van der Waals surface area contributed by atoms with Crippen molar-refractivity contribution in [2.45, 2.75) is 6.17 Å². The molecule has 1 unspecified atom stereocenters. The molecule has 2 aromatic rings. The molecular weight excluding hydrogens is 262 g/mol. The van der Waals surface area contributed by atoms with E-state index in [-0.39, 0.29) is 12.1 Å². The number of rotatable bonds is 1. The van der Waals surface area contributed by atoms with Crippen LogP contribution in [0.4, 0.5) is 5.69 Å². The average molecular weight is 277 g/mol. The van der Waals surface area contributed by atoms with E-state index in [1.807, 2.05) is 66.7 Å². The van der Waals surface area contributed by atoms with Crippen LogP contribution in [0.2, 0.25) is 0 Å². The number of nitrogens with one attached hydrogen (secondary N) is 1. The van der Waals surface area contributed by atoms with Crippen LogP contribution in [0.3, 0.4) is 0 Å². The molecule has 2 aliphatic heterocycles. The van der Waals surface area contributed by atoms with Gasteiger partial charge in [0.15, 0.2) is 0 Å². The molecule has 0 aliphatic carbocycles. The number of hydrogen-bond donors (Lipinski definition) is 1. The first kappa shape index (κ1) is 12.0. The van der Waals surface area contributed by atoms with Crippen LogP contribution in [0.25, 0.3) is 5.57 Å². The smallest absolute Gasteiger partial charge is 0.253 e. The lowest BCUT2D eigenvalue weighted by Gasteiger charge is -2.36. The van der Waals surface area contributed by atoms with Gasteiger partial charge >= 0.3 is 0 Å². The summed E-state index contributed by atoms with van der Waals surface area (Å²) < 4.78 is 0. The van der Waals surface area contributed by atoms with Gasteiger partial charge in [0.25, 0.3) is 5.91 Å². The second-order valence-electron chi connectivity index (χ2n) is 5.26. The standard InChI is InChI=1S/C17H15N3O/c1-19-11-15-13-9-5-6-10-14(13)17(21)18-16(15)20(19)12-7-3-2-4-8-12/h2-11,16H,1H3,(H,18,21). The summed E-state index contributed by atoms with van der Waals surface area (Å²) in [5, 5.41) is 7.20. The first-order valence-corrected chi connectivity index (χ1v) is 6.95. The van der Waals surface area contributed by atoms with Crippen molar-refractivity contribution in [1.82, 2.24) is 10.3 Å². The molecule has 1 N–H and O–H groups in total. The van der Waals surface area contributed by atoms with Crippen LogP contribution in [-0.4, -0.2) is 24.1 Å². The van der Waals surface area contributed by atoms with Crippen molar-refractivity contribution in [2.75, 3.05) is 12.1 Å². The van der Waals surface area contributed by atoms with E-state index in [1.54, 1.807) is 0 Å². The van der Waals surface area contributed by atoms with Gasteiger partial charge in [-0.2, -0.15) is 0 Å². The van der Waals surface area contributed by atoms with Gasteiger partial charge in [-0.1, -0.05) is 36.4 Å². The van der Waals surface area contributed by atoms with E-state index < -0.39 is 0 Å². The van der Waals surface area contributed by atoms with Gasteiger partial charge in [-0.25, -0.2) is 0 Å². The molecule has 0 saturated carbocycles. The number of carbonyl (C=O) groups is 1. The Balaban J connectivity index is 1.82. The zero-order chi connectivity index (χ0) is 14.4. The number of amides is 1. The van der Waals surface area contributed by atoms with Crippen LogP contribution in [0.5, 0.6) is 0 Å². The molecule has 0 spiro atoms. The van der Waals surface area contributed by atoms with E-state index in [0.29, 0.717) is 0 Å². The second kappa shape index (κ2) is 4.38. The second-order valence-corrected chi connectivity index (χ2v) is 5.26. The highest BCUT2D eigenvalue weighted by Crippen LogP contribution is 2.36. The fraction of sp³-hybridized carbons (Fsp3) is 0.118. The van der Waals surface area contributed by atoms with Gasteiger partial charge in [-0.05, 0) is 23.8 Å². The number of hydrogen-bond acceptors (Lipinski definition) is 3. The Morgan fingerprint density at radius 2 is 1.62 bits per heavy atom. The van der Waals surface area contributed by atoms with Crippen molar-refractivity contribution in [3.05, 3.63) is 71.9 Å². The van der Waals surface area contributed by atoms with Crippen LogP contribution >= 0.6 is 0 Å². The SMILES string of the molecule is CN1C=C2c3ccccc3C(=O)NC2N1c1ccccc1. The van der Waals surface area contributed by atoms with Crippen LogP contribution in [0.1, 0.15) is 15.9 Å². The molecule has 21 heavy (non-hydrogen) atoms. The molecule has 0 bridgehead atoms. The third-order valence-corrected chi connectivity index (χ3v) is 3.98. The first-order valence-electron chi connectivity index (χ1n) is 6.95. The normalized spacial score (nSPS) is 19.8. The number of nitrogens with zero attached hydrogens (tertiary/aromatic N) is 2. The van der Waals surface area contributed by atoms with E-state index in [0.717, 1.165) is 22.4 Å². The fourth-order valence-electron chi connectivity index (χ4n) is 3.05. The lowest BCUT2D eigenvalue weighted by atomic mass is 9.94. The molecule has 0 saturated heterocycles. The van der Waals surface area contributed by atoms with Crippen molar-refractivity contribution in [1.29, 1.82) is 0 Å². The van der Waals surface area contributed by atoms with Gasteiger partial charge in [-0.15, -0.1) is 0 Å². The number of para-hydroxylation sites is 1. The largest absolute Gasteiger partial charge is 0.326 e. The Morgan fingerprint density at radius 3 is 2.38 bits per heavy atom. The molecule has 104 valence electrons. The van der Waals surface area contributed by atoms with E-state index in [4.69, 9.17) is 0 Å². The zero-order valence-corrected chi connectivity index (χ0v) is 11.7. The molecule has 2 heterocycles. The number of benzene rings is 2. The predicted octanol–water partition coefficient (Wildman–Crippen LogP) is 2.46. The van der Waals surface area contributed by atoms with Gasteiger partial charge in [0.1, 0.15) is 6.17 Å². The van der Waals surface area contributed by atoms with Crippen LogP contribution in [-0.2, 0) is 0 Å². The Kier molecular flexibility index (Phi) is 2.51. The third-order valence-electron chi connectivity index (χ3n) is 3.98. The molecule has 4 rings (SSSR count). The molecule has 0 radical (unpaired) electrons. The van der Waals surface area contributed by atoms with Gasteiger partial charge in [0, 0.05) is 24.4 Å². The van der Waals surface area contributed by atoms with Crippen molar-refractivity contribution in [2.24, 2.45) is 0 Å². The molecule has 2 aliphatic rings. The minimum absolute atomic E-state index is 0.0241. The van der Waals surface area contributed by atoms with Crippen molar-refractivity contribution >= 4 is 17.2 Å². The van der Waals surface area contributed by atoms with E-state index >= 15 is 0 Å². The van der Waals surface area contributed by atoms with Crippen molar-refractivity contribution in [3.63, 3.8) is 0 Å². The zero-order valence-electron chi connectivity index (χ0n) is 11.7.